The molecule has 3 heteroatoms. The van der Waals surface area contributed by atoms with Gasteiger partial charge >= 0.3 is 0 Å². The van der Waals surface area contributed by atoms with Crippen LogP contribution in [-0.2, 0) is 6.42 Å². The smallest absolute Gasteiger partial charge is 0.149 e. The number of hydrogen-bond donors (Lipinski definition) is 1. The van der Waals surface area contributed by atoms with Gasteiger partial charge in [-0.1, -0.05) is 18.2 Å². The van der Waals surface area contributed by atoms with Crippen molar-refractivity contribution in [1.82, 2.24) is 4.98 Å². The third kappa shape index (κ3) is 1.46. The van der Waals surface area contributed by atoms with Gasteiger partial charge in [-0.15, -0.1) is 0 Å². The van der Waals surface area contributed by atoms with Crippen molar-refractivity contribution in [3.63, 3.8) is 0 Å². The molecule has 0 unspecified atom stereocenters. The number of pyridine rings is 1. The second kappa shape index (κ2) is 3.72. The first-order valence-corrected chi connectivity index (χ1v) is 4.54. The lowest BCUT2D eigenvalue weighted by Crippen LogP contribution is -2.03. The SMILES string of the molecule is NCCc1cccc2c(F)cncc12. The van der Waals surface area contributed by atoms with Crippen molar-refractivity contribution in [3.05, 3.63) is 42.0 Å². The number of hydrogen-bond acceptors (Lipinski definition) is 2. The van der Waals surface area contributed by atoms with E-state index in [1.165, 1.54) is 6.20 Å². The highest BCUT2D eigenvalue weighted by atomic mass is 19.1. The second-order valence-electron chi connectivity index (χ2n) is 3.17. The van der Waals surface area contributed by atoms with Crippen LogP contribution in [0.2, 0.25) is 0 Å². The molecule has 0 atom stereocenters. The van der Waals surface area contributed by atoms with Crippen LogP contribution in [0.15, 0.2) is 30.6 Å². The number of nitrogens with zero attached hydrogens (tertiary/aromatic N) is 1. The number of nitrogens with two attached hydrogens (primary N) is 1. The fourth-order valence-electron chi connectivity index (χ4n) is 1.59. The average molecular weight is 190 g/mol. The van der Waals surface area contributed by atoms with E-state index in [2.05, 4.69) is 4.98 Å². The number of fused-ring (bicyclic) bond motifs is 1. The van der Waals surface area contributed by atoms with Gasteiger partial charge in [0.25, 0.3) is 0 Å². The molecule has 1 aromatic carbocycles. The van der Waals surface area contributed by atoms with Gasteiger partial charge in [-0.05, 0) is 18.5 Å². The van der Waals surface area contributed by atoms with E-state index in [-0.39, 0.29) is 5.82 Å². The Labute approximate surface area is 81.6 Å². The predicted octanol–water partition coefficient (Wildman–Crippen LogP) is 1.88. The molecule has 0 aliphatic heterocycles. The summed E-state index contributed by atoms with van der Waals surface area (Å²) in [7, 11) is 0. The first-order valence-electron chi connectivity index (χ1n) is 4.54. The average Bonchev–Trinajstić information content (AvgIpc) is 2.20. The zero-order chi connectivity index (χ0) is 9.97. The van der Waals surface area contributed by atoms with Gasteiger partial charge in [-0.3, -0.25) is 4.98 Å². The molecule has 72 valence electrons. The van der Waals surface area contributed by atoms with E-state index in [9.17, 15) is 4.39 Å². The van der Waals surface area contributed by atoms with Gasteiger partial charge in [-0.2, -0.15) is 0 Å². The molecule has 0 saturated heterocycles. The number of rotatable bonds is 2. The Morgan fingerprint density at radius 2 is 2.07 bits per heavy atom. The van der Waals surface area contributed by atoms with Gasteiger partial charge in [0.1, 0.15) is 5.82 Å². The largest absolute Gasteiger partial charge is 0.330 e. The van der Waals surface area contributed by atoms with Crippen LogP contribution in [0.5, 0.6) is 0 Å². The van der Waals surface area contributed by atoms with Gasteiger partial charge in [0.2, 0.25) is 0 Å². The molecule has 0 bridgehead atoms. The summed E-state index contributed by atoms with van der Waals surface area (Å²) in [6.07, 6.45) is 3.67. The lowest BCUT2D eigenvalue weighted by atomic mass is 10.0. The minimum atomic E-state index is -0.277. The number of aromatic nitrogens is 1. The van der Waals surface area contributed by atoms with Crippen molar-refractivity contribution in [2.24, 2.45) is 5.73 Å². The molecule has 2 aromatic rings. The van der Waals surface area contributed by atoms with E-state index in [1.54, 1.807) is 12.3 Å². The molecule has 0 amide bonds. The van der Waals surface area contributed by atoms with Crippen molar-refractivity contribution in [2.75, 3.05) is 6.54 Å². The molecule has 1 aromatic heterocycles. The van der Waals surface area contributed by atoms with Gasteiger partial charge < -0.3 is 5.73 Å². The van der Waals surface area contributed by atoms with Crippen LogP contribution in [0.1, 0.15) is 5.56 Å². The topological polar surface area (TPSA) is 38.9 Å². The first-order chi connectivity index (χ1) is 6.83. The maximum atomic E-state index is 13.3. The van der Waals surface area contributed by atoms with E-state index in [4.69, 9.17) is 5.73 Å². The highest BCUT2D eigenvalue weighted by Gasteiger charge is 2.03. The maximum absolute atomic E-state index is 13.3. The minimum Gasteiger partial charge on any atom is -0.330 e. The summed E-state index contributed by atoms with van der Waals surface area (Å²) in [5.74, 6) is -0.277. The minimum absolute atomic E-state index is 0.277. The van der Waals surface area contributed by atoms with Crippen LogP contribution in [0.25, 0.3) is 10.8 Å². The molecular formula is C11H11FN2. The number of halogens is 1. The van der Waals surface area contributed by atoms with Crippen molar-refractivity contribution in [2.45, 2.75) is 6.42 Å². The van der Waals surface area contributed by atoms with Crippen molar-refractivity contribution in [1.29, 1.82) is 0 Å². The Morgan fingerprint density at radius 1 is 1.21 bits per heavy atom. The molecule has 0 spiro atoms. The predicted molar refractivity (Wildman–Crippen MR) is 54.5 cm³/mol. The molecule has 2 rings (SSSR count). The number of benzene rings is 1. The van der Waals surface area contributed by atoms with Gasteiger partial charge in [0, 0.05) is 17.0 Å². The highest BCUT2D eigenvalue weighted by molar-refractivity contribution is 5.85. The lowest BCUT2D eigenvalue weighted by Gasteiger charge is -2.04. The summed E-state index contributed by atoms with van der Waals surface area (Å²) in [4.78, 5) is 3.84. The van der Waals surface area contributed by atoms with E-state index < -0.39 is 0 Å². The third-order valence-corrected chi connectivity index (χ3v) is 2.26. The van der Waals surface area contributed by atoms with Crippen LogP contribution >= 0.6 is 0 Å². The Kier molecular flexibility index (Phi) is 2.41. The van der Waals surface area contributed by atoms with Crippen LogP contribution in [0.3, 0.4) is 0 Å². The fraction of sp³-hybridized carbons (Fsp3) is 0.182. The summed E-state index contributed by atoms with van der Waals surface area (Å²) in [6.45, 7) is 0.565. The molecule has 1 heterocycles. The maximum Gasteiger partial charge on any atom is 0.149 e. The van der Waals surface area contributed by atoms with Gasteiger partial charge in [-0.25, -0.2) is 4.39 Å². The monoisotopic (exact) mass is 190 g/mol. The molecule has 14 heavy (non-hydrogen) atoms. The molecule has 2 N–H and O–H groups in total. The standard InChI is InChI=1S/C11H11FN2/c12-11-7-14-6-10-8(4-5-13)2-1-3-9(10)11/h1-3,6-7H,4-5,13H2. The molecule has 0 radical (unpaired) electrons. The Balaban J connectivity index is 2.68. The zero-order valence-electron chi connectivity index (χ0n) is 7.70. The van der Waals surface area contributed by atoms with Crippen LogP contribution in [0, 0.1) is 5.82 Å². The first kappa shape index (κ1) is 9.09. The molecule has 0 saturated carbocycles. The lowest BCUT2D eigenvalue weighted by molar-refractivity contribution is 0.634. The third-order valence-electron chi connectivity index (χ3n) is 2.26. The summed E-state index contributed by atoms with van der Waals surface area (Å²) in [5, 5.41) is 1.48. The second-order valence-corrected chi connectivity index (χ2v) is 3.17. The van der Waals surface area contributed by atoms with Crippen molar-refractivity contribution >= 4 is 10.8 Å². The molecule has 0 fully saturated rings. The summed E-state index contributed by atoms with van der Waals surface area (Å²) < 4.78 is 13.3. The van der Waals surface area contributed by atoms with Crippen LogP contribution in [-0.4, -0.2) is 11.5 Å². The van der Waals surface area contributed by atoms with Crippen LogP contribution < -0.4 is 5.73 Å². The zero-order valence-corrected chi connectivity index (χ0v) is 7.70. The van der Waals surface area contributed by atoms with Crippen molar-refractivity contribution in [3.8, 4) is 0 Å². The molecular weight excluding hydrogens is 179 g/mol. The quantitative estimate of drug-likeness (QED) is 0.785. The van der Waals surface area contributed by atoms with Gasteiger partial charge in [0.05, 0.1) is 6.20 Å². The molecule has 0 aliphatic rings. The Hall–Kier alpha value is -1.48. The summed E-state index contributed by atoms with van der Waals surface area (Å²) >= 11 is 0. The highest BCUT2D eigenvalue weighted by Crippen LogP contribution is 2.20. The van der Waals surface area contributed by atoms with Gasteiger partial charge in [0.15, 0.2) is 0 Å². The van der Waals surface area contributed by atoms with E-state index >= 15 is 0 Å². The summed E-state index contributed by atoms with van der Waals surface area (Å²) in [6, 6.07) is 5.55. The van der Waals surface area contributed by atoms with Crippen molar-refractivity contribution < 1.29 is 4.39 Å². The molecule has 2 nitrogen and oxygen atoms in total. The normalized spacial score (nSPS) is 10.7. The van der Waals surface area contributed by atoms with E-state index in [1.807, 2.05) is 12.1 Å². The Bertz CT molecular complexity index is 454. The Morgan fingerprint density at radius 3 is 2.86 bits per heavy atom. The fourth-order valence-corrected chi connectivity index (χ4v) is 1.59. The molecule has 0 aliphatic carbocycles. The van der Waals surface area contributed by atoms with E-state index in [0.717, 1.165) is 17.4 Å². The summed E-state index contributed by atoms with van der Waals surface area (Å²) in [5.41, 5.74) is 6.53. The van der Waals surface area contributed by atoms with Crippen LogP contribution in [0.4, 0.5) is 4.39 Å². The van der Waals surface area contributed by atoms with E-state index in [0.29, 0.717) is 11.9 Å².